The first-order valence-electron chi connectivity index (χ1n) is 6.09. The van der Waals surface area contributed by atoms with Crippen LogP contribution in [-0.4, -0.2) is 12.2 Å². The molecule has 0 fully saturated rings. The van der Waals surface area contributed by atoms with Crippen LogP contribution in [0.3, 0.4) is 0 Å². The molecule has 0 aliphatic carbocycles. The Morgan fingerprint density at radius 3 is 2.78 bits per heavy atom. The van der Waals surface area contributed by atoms with Gasteiger partial charge < -0.3 is 4.74 Å². The fourth-order valence-electron chi connectivity index (χ4n) is 1.63. The Balaban J connectivity index is 2.89. The van der Waals surface area contributed by atoms with Crippen LogP contribution in [0.4, 0.5) is 0 Å². The molecule has 0 amide bonds. The predicted octanol–water partition coefficient (Wildman–Crippen LogP) is 4.37. The number of hydrogen-bond acceptors (Lipinski definition) is 3. The molecule has 0 aromatic heterocycles. The Morgan fingerprint density at radius 1 is 1.50 bits per heavy atom. The fraction of sp³-hybridized carbons (Fsp3) is 0.400. The number of thioether (sulfide) groups is 1. The summed E-state index contributed by atoms with van der Waals surface area (Å²) in [6, 6.07) is 8.14. The van der Waals surface area contributed by atoms with E-state index in [4.69, 9.17) is 4.74 Å². The molecule has 1 aromatic rings. The molecule has 98 valence electrons. The van der Waals surface area contributed by atoms with Gasteiger partial charge in [-0.3, -0.25) is 0 Å². The van der Waals surface area contributed by atoms with E-state index in [0.29, 0.717) is 5.57 Å². The van der Waals surface area contributed by atoms with E-state index < -0.39 is 0 Å². The third kappa shape index (κ3) is 4.22. The summed E-state index contributed by atoms with van der Waals surface area (Å²) < 4.78 is 5.49. The zero-order valence-electron chi connectivity index (χ0n) is 11.2. The van der Waals surface area contributed by atoms with Crippen LogP contribution in [0.25, 0.3) is 0 Å². The minimum atomic E-state index is -0.317. The molecule has 0 aliphatic heterocycles. The van der Waals surface area contributed by atoms with Crippen molar-refractivity contribution in [2.24, 2.45) is 0 Å². The van der Waals surface area contributed by atoms with Crippen LogP contribution >= 0.6 is 11.8 Å². The van der Waals surface area contributed by atoms with E-state index in [0.717, 1.165) is 18.4 Å². The molecule has 0 N–H and O–H groups in total. The molecule has 18 heavy (non-hydrogen) atoms. The minimum Gasteiger partial charge on any atom is -0.454 e. The summed E-state index contributed by atoms with van der Waals surface area (Å²) >= 11 is 1.69. The van der Waals surface area contributed by atoms with Crippen LogP contribution in [0.2, 0.25) is 0 Å². The third-order valence-electron chi connectivity index (χ3n) is 2.61. The van der Waals surface area contributed by atoms with Crippen LogP contribution in [0, 0.1) is 0 Å². The highest BCUT2D eigenvalue weighted by Gasteiger charge is 2.16. The molecular weight excluding hydrogens is 244 g/mol. The number of ether oxygens (including phenoxy) is 1. The monoisotopic (exact) mass is 264 g/mol. The zero-order valence-corrected chi connectivity index (χ0v) is 12.0. The molecule has 1 aromatic carbocycles. The topological polar surface area (TPSA) is 26.3 Å². The van der Waals surface area contributed by atoms with Gasteiger partial charge in [-0.1, -0.05) is 32.1 Å². The standard InChI is InChI=1S/C15H20O2S/c1-5-7-14(17-15(16)11(2)3)12-8-6-9-13(10-12)18-4/h6,8-10,14H,2,5,7H2,1,3-4H3. The average Bonchev–Trinajstić information content (AvgIpc) is 2.38. The number of carbonyl (C=O) groups is 1. The zero-order chi connectivity index (χ0) is 13.5. The SMILES string of the molecule is C=C(C)C(=O)OC(CCC)c1cccc(SC)c1. The lowest BCUT2D eigenvalue weighted by Gasteiger charge is -2.18. The van der Waals surface area contributed by atoms with Gasteiger partial charge in [-0.15, -0.1) is 11.8 Å². The van der Waals surface area contributed by atoms with E-state index in [1.807, 2.05) is 18.4 Å². The minimum absolute atomic E-state index is 0.175. The van der Waals surface area contributed by atoms with Gasteiger partial charge >= 0.3 is 5.97 Å². The van der Waals surface area contributed by atoms with E-state index in [-0.39, 0.29) is 12.1 Å². The van der Waals surface area contributed by atoms with Crippen molar-refractivity contribution >= 4 is 17.7 Å². The second-order valence-corrected chi connectivity index (χ2v) is 5.12. The van der Waals surface area contributed by atoms with Crippen molar-refractivity contribution in [3.05, 3.63) is 42.0 Å². The van der Waals surface area contributed by atoms with Crippen LogP contribution in [0.1, 0.15) is 38.4 Å². The number of benzene rings is 1. The van der Waals surface area contributed by atoms with Crippen LogP contribution in [-0.2, 0) is 9.53 Å². The molecule has 1 unspecified atom stereocenters. The summed E-state index contributed by atoms with van der Waals surface area (Å²) in [6.07, 6.45) is 3.66. The molecule has 0 aliphatic rings. The van der Waals surface area contributed by atoms with E-state index in [1.54, 1.807) is 18.7 Å². The van der Waals surface area contributed by atoms with Crippen molar-refractivity contribution in [2.45, 2.75) is 37.7 Å². The second kappa shape index (κ2) is 7.27. The summed E-state index contributed by atoms with van der Waals surface area (Å²) in [5, 5.41) is 0. The Kier molecular flexibility index (Phi) is 5.99. The Labute approximate surface area is 113 Å². The lowest BCUT2D eigenvalue weighted by Crippen LogP contribution is -2.11. The molecular formula is C15H20O2S. The van der Waals surface area contributed by atoms with Crippen LogP contribution in [0.15, 0.2) is 41.3 Å². The quantitative estimate of drug-likeness (QED) is 0.433. The van der Waals surface area contributed by atoms with E-state index >= 15 is 0 Å². The van der Waals surface area contributed by atoms with Gasteiger partial charge in [0.2, 0.25) is 0 Å². The highest BCUT2D eigenvalue weighted by atomic mass is 32.2. The average molecular weight is 264 g/mol. The number of carbonyl (C=O) groups excluding carboxylic acids is 1. The highest BCUT2D eigenvalue weighted by Crippen LogP contribution is 2.27. The maximum atomic E-state index is 11.6. The van der Waals surface area contributed by atoms with Gasteiger partial charge in [-0.25, -0.2) is 4.79 Å². The van der Waals surface area contributed by atoms with Gasteiger partial charge in [-0.2, -0.15) is 0 Å². The van der Waals surface area contributed by atoms with Crippen molar-refractivity contribution in [3.8, 4) is 0 Å². The summed E-state index contributed by atoms with van der Waals surface area (Å²) in [4.78, 5) is 12.8. The Morgan fingerprint density at radius 2 is 2.22 bits per heavy atom. The molecule has 1 atom stereocenters. The summed E-state index contributed by atoms with van der Waals surface area (Å²) in [5.41, 5.74) is 1.50. The van der Waals surface area contributed by atoms with Crippen molar-refractivity contribution in [2.75, 3.05) is 6.26 Å². The lowest BCUT2D eigenvalue weighted by molar-refractivity contribution is -0.145. The molecule has 1 rings (SSSR count). The lowest BCUT2D eigenvalue weighted by atomic mass is 10.1. The predicted molar refractivity (Wildman–Crippen MR) is 76.8 cm³/mol. The summed E-state index contributed by atoms with van der Waals surface area (Å²) in [6.45, 7) is 7.37. The first-order valence-corrected chi connectivity index (χ1v) is 7.31. The Bertz CT molecular complexity index is 426. The van der Waals surface area contributed by atoms with Gasteiger partial charge in [0.15, 0.2) is 0 Å². The van der Waals surface area contributed by atoms with Gasteiger partial charge in [0, 0.05) is 10.5 Å². The fourth-order valence-corrected chi connectivity index (χ4v) is 2.10. The number of hydrogen-bond donors (Lipinski definition) is 0. The number of rotatable bonds is 6. The molecule has 3 heteroatoms. The van der Waals surface area contributed by atoms with Crippen molar-refractivity contribution < 1.29 is 9.53 Å². The summed E-state index contributed by atoms with van der Waals surface area (Å²) in [7, 11) is 0. The van der Waals surface area contributed by atoms with Crippen LogP contribution < -0.4 is 0 Å². The maximum absolute atomic E-state index is 11.6. The molecule has 0 heterocycles. The maximum Gasteiger partial charge on any atom is 0.333 e. The molecule has 0 radical (unpaired) electrons. The van der Waals surface area contributed by atoms with E-state index in [1.165, 1.54) is 4.90 Å². The van der Waals surface area contributed by atoms with Crippen LogP contribution in [0.5, 0.6) is 0 Å². The first kappa shape index (κ1) is 14.8. The highest BCUT2D eigenvalue weighted by molar-refractivity contribution is 7.98. The van der Waals surface area contributed by atoms with Gasteiger partial charge in [-0.05, 0) is 37.3 Å². The largest absolute Gasteiger partial charge is 0.454 e. The Hall–Kier alpha value is -1.22. The van der Waals surface area contributed by atoms with Gasteiger partial charge in [0.05, 0.1) is 0 Å². The first-order chi connectivity index (χ1) is 8.58. The molecule has 0 spiro atoms. The van der Waals surface area contributed by atoms with Crippen molar-refractivity contribution in [1.29, 1.82) is 0 Å². The normalized spacial score (nSPS) is 11.9. The molecule has 2 nitrogen and oxygen atoms in total. The number of esters is 1. The molecule has 0 bridgehead atoms. The molecule has 0 saturated heterocycles. The molecule has 0 saturated carbocycles. The van der Waals surface area contributed by atoms with E-state index in [2.05, 4.69) is 25.6 Å². The van der Waals surface area contributed by atoms with Crippen molar-refractivity contribution in [3.63, 3.8) is 0 Å². The van der Waals surface area contributed by atoms with E-state index in [9.17, 15) is 4.79 Å². The third-order valence-corrected chi connectivity index (χ3v) is 3.34. The smallest absolute Gasteiger partial charge is 0.333 e. The summed E-state index contributed by atoms with van der Waals surface area (Å²) in [5.74, 6) is -0.317. The second-order valence-electron chi connectivity index (χ2n) is 4.24. The van der Waals surface area contributed by atoms with Gasteiger partial charge in [0.25, 0.3) is 0 Å². The van der Waals surface area contributed by atoms with Crippen molar-refractivity contribution in [1.82, 2.24) is 0 Å². The van der Waals surface area contributed by atoms with Gasteiger partial charge in [0.1, 0.15) is 6.10 Å².